The molecule has 27 heavy (non-hydrogen) atoms. The first-order chi connectivity index (χ1) is 12.6. The van der Waals surface area contributed by atoms with Crippen molar-refractivity contribution in [3.63, 3.8) is 0 Å². The van der Waals surface area contributed by atoms with Gasteiger partial charge in [-0.15, -0.1) is 0 Å². The van der Waals surface area contributed by atoms with Crippen molar-refractivity contribution in [2.24, 2.45) is 0 Å². The van der Waals surface area contributed by atoms with Gasteiger partial charge in [-0.05, 0) is 42.8 Å². The number of anilines is 1. The highest BCUT2D eigenvalue weighted by molar-refractivity contribution is 7.90. The fourth-order valence-corrected chi connectivity index (χ4v) is 3.30. The van der Waals surface area contributed by atoms with E-state index in [1.807, 2.05) is 0 Å². The van der Waals surface area contributed by atoms with E-state index < -0.39 is 27.6 Å². The Bertz CT molecular complexity index is 1100. The summed E-state index contributed by atoms with van der Waals surface area (Å²) in [6.07, 6.45) is -2.03. The molecular formula is C18H16F3N3O2S. The van der Waals surface area contributed by atoms with E-state index in [-0.39, 0.29) is 4.90 Å². The van der Waals surface area contributed by atoms with Gasteiger partial charge in [0, 0.05) is 17.7 Å². The Morgan fingerprint density at radius 1 is 1.07 bits per heavy atom. The molecule has 0 bridgehead atoms. The fourth-order valence-electron chi connectivity index (χ4n) is 2.65. The van der Waals surface area contributed by atoms with Crippen molar-refractivity contribution in [1.29, 1.82) is 0 Å². The van der Waals surface area contributed by atoms with E-state index in [0.717, 1.165) is 18.4 Å². The molecule has 1 heterocycles. The SMILES string of the molecule is C[C@H](Nc1ncnc2ccc(S(C)(=O)=O)cc12)c1cccc(C(F)(F)F)c1. The van der Waals surface area contributed by atoms with Crippen LogP contribution >= 0.6 is 0 Å². The monoisotopic (exact) mass is 395 g/mol. The Labute approximate surface area is 154 Å². The average molecular weight is 395 g/mol. The van der Waals surface area contributed by atoms with E-state index in [0.29, 0.717) is 22.3 Å². The zero-order chi connectivity index (χ0) is 19.8. The molecule has 3 aromatic rings. The summed E-state index contributed by atoms with van der Waals surface area (Å²) in [6.45, 7) is 1.70. The van der Waals surface area contributed by atoms with Crippen molar-refractivity contribution in [1.82, 2.24) is 9.97 Å². The van der Waals surface area contributed by atoms with Crippen molar-refractivity contribution >= 4 is 26.6 Å². The second-order valence-electron chi connectivity index (χ2n) is 6.16. The van der Waals surface area contributed by atoms with Gasteiger partial charge in [0.05, 0.1) is 16.0 Å². The van der Waals surface area contributed by atoms with Gasteiger partial charge in [0.2, 0.25) is 0 Å². The van der Waals surface area contributed by atoms with E-state index >= 15 is 0 Å². The van der Waals surface area contributed by atoms with Crippen LogP contribution in [0, 0.1) is 0 Å². The van der Waals surface area contributed by atoms with Crippen LogP contribution in [-0.2, 0) is 16.0 Å². The summed E-state index contributed by atoms with van der Waals surface area (Å²) in [5.74, 6) is 0.343. The Balaban J connectivity index is 1.99. The lowest BCUT2D eigenvalue weighted by molar-refractivity contribution is -0.137. The lowest BCUT2D eigenvalue weighted by Gasteiger charge is -2.18. The van der Waals surface area contributed by atoms with Crippen LogP contribution in [0.25, 0.3) is 10.9 Å². The van der Waals surface area contributed by atoms with Crippen LogP contribution in [0.4, 0.5) is 19.0 Å². The smallest absolute Gasteiger partial charge is 0.363 e. The third-order valence-electron chi connectivity index (χ3n) is 4.10. The minimum Gasteiger partial charge on any atom is -0.363 e. The van der Waals surface area contributed by atoms with E-state index in [9.17, 15) is 21.6 Å². The molecule has 1 N–H and O–H groups in total. The molecule has 1 aromatic heterocycles. The first kappa shape index (κ1) is 19.1. The first-order valence-corrected chi connectivity index (χ1v) is 9.83. The van der Waals surface area contributed by atoms with Gasteiger partial charge >= 0.3 is 6.18 Å². The number of halogens is 3. The molecule has 0 saturated carbocycles. The standard InChI is InChI=1S/C18H16F3N3O2S/c1-11(12-4-3-5-13(8-12)18(19,20)21)24-17-15-9-14(27(2,25)26)6-7-16(15)22-10-23-17/h3-11H,1-2H3,(H,22,23,24)/t11-/m0/s1. The summed E-state index contributed by atoms with van der Waals surface area (Å²) in [6, 6.07) is 8.98. The highest BCUT2D eigenvalue weighted by atomic mass is 32.2. The number of nitrogens with zero attached hydrogens (tertiary/aromatic N) is 2. The predicted molar refractivity (Wildman–Crippen MR) is 96.1 cm³/mol. The number of hydrogen-bond donors (Lipinski definition) is 1. The third kappa shape index (κ3) is 4.19. The van der Waals surface area contributed by atoms with Crippen LogP contribution in [0.5, 0.6) is 0 Å². The number of benzene rings is 2. The van der Waals surface area contributed by atoms with Gasteiger partial charge in [0.25, 0.3) is 0 Å². The Hall–Kier alpha value is -2.68. The molecule has 0 unspecified atom stereocenters. The largest absolute Gasteiger partial charge is 0.416 e. The van der Waals surface area contributed by atoms with Crippen LogP contribution < -0.4 is 5.32 Å². The van der Waals surface area contributed by atoms with Crippen molar-refractivity contribution in [3.8, 4) is 0 Å². The molecular weight excluding hydrogens is 379 g/mol. The van der Waals surface area contributed by atoms with Crippen molar-refractivity contribution in [3.05, 3.63) is 59.9 Å². The lowest BCUT2D eigenvalue weighted by atomic mass is 10.0. The number of hydrogen-bond acceptors (Lipinski definition) is 5. The molecule has 0 spiro atoms. The minimum absolute atomic E-state index is 0.111. The van der Waals surface area contributed by atoms with Crippen molar-refractivity contribution in [2.45, 2.75) is 24.0 Å². The molecule has 2 aromatic carbocycles. The fraction of sp³-hybridized carbons (Fsp3) is 0.222. The van der Waals surface area contributed by atoms with E-state index in [1.54, 1.807) is 19.1 Å². The van der Waals surface area contributed by atoms with E-state index in [2.05, 4.69) is 15.3 Å². The number of rotatable bonds is 4. The third-order valence-corrected chi connectivity index (χ3v) is 5.21. The first-order valence-electron chi connectivity index (χ1n) is 7.94. The zero-order valence-electron chi connectivity index (χ0n) is 14.4. The van der Waals surface area contributed by atoms with E-state index in [1.165, 1.54) is 24.5 Å². The number of alkyl halides is 3. The number of nitrogens with one attached hydrogen (secondary N) is 1. The van der Waals surface area contributed by atoms with Gasteiger partial charge in [0.1, 0.15) is 12.1 Å². The number of sulfone groups is 1. The van der Waals surface area contributed by atoms with Gasteiger partial charge < -0.3 is 5.32 Å². The van der Waals surface area contributed by atoms with Crippen LogP contribution in [-0.4, -0.2) is 24.6 Å². The Morgan fingerprint density at radius 2 is 1.81 bits per heavy atom. The summed E-state index contributed by atoms with van der Waals surface area (Å²) < 4.78 is 62.4. The van der Waals surface area contributed by atoms with Gasteiger partial charge in [-0.2, -0.15) is 13.2 Å². The van der Waals surface area contributed by atoms with Gasteiger partial charge in [-0.25, -0.2) is 18.4 Å². The van der Waals surface area contributed by atoms with Gasteiger partial charge in [0.15, 0.2) is 9.84 Å². The Morgan fingerprint density at radius 3 is 2.48 bits per heavy atom. The van der Waals surface area contributed by atoms with Crippen LogP contribution in [0.3, 0.4) is 0 Å². The Kier molecular flexibility index (Phi) is 4.81. The van der Waals surface area contributed by atoms with E-state index in [4.69, 9.17) is 0 Å². The normalized spacial score (nSPS) is 13.5. The van der Waals surface area contributed by atoms with Crippen LogP contribution in [0.1, 0.15) is 24.1 Å². The average Bonchev–Trinajstić information content (AvgIpc) is 2.60. The second-order valence-corrected chi connectivity index (χ2v) is 8.18. The maximum atomic E-state index is 12.9. The molecule has 0 amide bonds. The molecule has 9 heteroatoms. The molecule has 1 atom stereocenters. The van der Waals surface area contributed by atoms with Gasteiger partial charge in [-0.3, -0.25) is 0 Å². The number of aromatic nitrogens is 2. The molecule has 0 radical (unpaired) electrons. The molecule has 142 valence electrons. The topological polar surface area (TPSA) is 72.0 Å². The zero-order valence-corrected chi connectivity index (χ0v) is 15.3. The van der Waals surface area contributed by atoms with Crippen molar-refractivity contribution < 1.29 is 21.6 Å². The highest BCUT2D eigenvalue weighted by Crippen LogP contribution is 2.32. The van der Waals surface area contributed by atoms with Gasteiger partial charge in [-0.1, -0.05) is 12.1 Å². The summed E-state index contributed by atoms with van der Waals surface area (Å²) >= 11 is 0. The van der Waals surface area contributed by atoms with Crippen LogP contribution in [0.2, 0.25) is 0 Å². The van der Waals surface area contributed by atoms with Crippen LogP contribution in [0.15, 0.2) is 53.7 Å². The molecule has 0 saturated heterocycles. The summed E-state index contributed by atoms with van der Waals surface area (Å²) in [4.78, 5) is 8.33. The summed E-state index contributed by atoms with van der Waals surface area (Å²) in [5, 5.41) is 3.52. The van der Waals surface area contributed by atoms with Crippen molar-refractivity contribution in [2.75, 3.05) is 11.6 Å². The predicted octanol–water partition coefficient (Wildman–Crippen LogP) is 4.23. The molecule has 0 fully saturated rings. The quantitative estimate of drug-likeness (QED) is 0.716. The molecule has 3 rings (SSSR count). The maximum absolute atomic E-state index is 12.9. The minimum atomic E-state index is -4.43. The summed E-state index contributed by atoms with van der Waals surface area (Å²) in [7, 11) is -3.42. The molecule has 0 aliphatic heterocycles. The summed E-state index contributed by atoms with van der Waals surface area (Å²) in [5.41, 5.74) is 0.215. The maximum Gasteiger partial charge on any atom is 0.416 e. The highest BCUT2D eigenvalue weighted by Gasteiger charge is 2.30. The second kappa shape index (κ2) is 6.80. The molecule has 0 aliphatic carbocycles. The number of fused-ring (bicyclic) bond motifs is 1. The lowest BCUT2D eigenvalue weighted by Crippen LogP contribution is -2.11. The molecule has 5 nitrogen and oxygen atoms in total. The molecule has 0 aliphatic rings.